The van der Waals surface area contributed by atoms with Crippen molar-refractivity contribution in [2.75, 3.05) is 26.5 Å². The Morgan fingerprint density at radius 1 is 1.10 bits per heavy atom. The quantitative estimate of drug-likeness (QED) is 0.321. The predicted octanol–water partition coefficient (Wildman–Crippen LogP) is 3.85. The molecule has 31 heavy (non-hydrogen) atoms. The number of aliphatic imine (C=N–C) groups is 1. The highest BCUT2D eigenvalue weighted by Crippen LogP contribution is 2.33. The summed E-state index contributed by atoms with van der Waals surface area (Å²) in [6.45, 7) is 4.22. The van der Waals surface area contributed by atoms with E-state index in [-0.39, 0.29) is 30.1 Å². The number of benzene rings is 2. The average Bonchev–Trinajstić information content (AvgIpc) is 2.74. The van der Waals surface area contributed by atoms with E-state index in [9.17, 15) is 8.42 Å². The van der Waals surface area contributed by atoms with Crippen LogP contribution in [0.4, 0.5) is 0 Å². The van der Waals surface area contributed by atoms with E-state index in [0.717, 1.165) is 37.5 Å². The molecule has 1 aliphatic heterocycles. The summed E-state index contributed by atoms with van der Waals surface area (Å²) in [6, 6.07) is 15.5. The highest BCUT2D eigenvalue weighted by molar-refractivity contribution is 14.0. The second-order valence-electron chi connectivity index (χ2n) is 7.83. The maximum Gasteiger partial charge on any atom is 0.191 e. The van der Waals surface area contributed by atoms with Gasteiger partial charge in [-0.3, -0.25) is 4.99 Å². The fraction of sp³-hybridized carbons (Fsp3) is 0.435. The van der Waals surface area contributed by atoms with Gasteiger partial charge in [-0.15, -0.1) is 24.0 Å². The average molecular weight is 557 g/mol. The van der Waals surface area contributed by atoms with Crippen molar-refractivity contribution >= 4 is 39.8 Å². The Bertz CT molecular complexity index is 961. The standard InChI is InChI=1S/C23H31N3O3S.HI/c1-17-6-10-19(11-7-17)22-20(5-4-14-29-22)16-26-23(24-2)25-15-18-8-12-21(13-9-18)30(3,27)28;/h6-13,20,22H,4-5,14-16H2,1-3H3,(H2,24,25,26);1H. The fourth-order valence-electron chi connectivity index (χ4n) is 3.67. The minimum atomic E-state index is -3.18. The van der Waals surface area contributed by atoms with Crippen molar-refractivity contribution in [2.24, 2.45) is 10.9 Å². The van der Waals surface area contributed by atoms with Gasteiger partial charge in [0, 0.05) is 38.9 Å². The molecule has 2 atom stereocenters. The molecule has 8 heteroatoms. The first-order valence-electron chi connectivity index (χ1n) is 10.3. The van der Waals surface area contributed by atoms with Gasteiger partial charge in [-0.1, -0.05) is 42.0 Å². The van der Waals surface area contributed by atoms with Gasteiger partial charge in [0.2, 0.25) is 0 Å². The summed E-state index contributed by atoms with van der Waals surface area (Å²) < 4.78 is 29.3. The van der Waals surface area contributed by atoms with E-state index in [4.69, 9.17) is 4.74 Å². The van der Waals surface area contributed by atoms with Crippen LogP contribution in [0.3, 0.4) is 0 Å². The van der Waals surface area contributed by atoms with E-state index >= 15 is 0 Å². The number of aryl methyl sites for hydroxylation is 1. The van der Waals surface area contributed by atoms with Gasteiger partial charge in [-0.2, -0.15) is 0 Å². The lowest BCUT2D eigenvalue weighted by Crippen LogP contribution is -2.41. The molecule has 2 aromatic rings. The zero-order chi connectivity index (χ0) is 21.6. The minimum Gasteiger partial charge on any atom is -0.373 e. The number of sulfone groups is 1. The second-order valence-corrected chi connectivity index (χ2v) is 9.84. The number of guanidine groups is 1. The van der Waals surface area contributed by atoms with Crippen molar-refractivity contribution in [3.05, 3.63) is 65.2 Å². The maximum atomic E-state index is 11.6. The first kappa shape index (κ1) is 25.6. The first-order chi connectivity index (χ1) is 14.4. The van der Waals surface area contributed by atoms with E-state index in [1.54, 1.807) is 19.2 Å². The molecule has 1 aliphatic rings. The molecule has 3 rings (SSSR count). The third kappa shape index (κ3) is 7.47. The molecule has 0 bridgehead atoms. The number of hydrogen-bond acceptors (Lipinski definition) is 4. The van der Waals surface area contributed by atoms with E-state index < -0.39 is 9.84 Å². The summed E-state index contributed by atoms with van der Waals surface area (Å²) in [4.78, 5) is 4.64. The van der Waals surface area contributed by atoms with Gasteiger partial charge in [0.1, 0.15) is 0 Å². The lowest BCUT2D eigenvalue weighted by atomic mass is 9.89. The summed E-state index contributed by atoms with van der Waals surface area (Å²) in [5.41, 5.74) is 3.46. The highest BCUT2D eigenvalue weighted by atomic mass is 127. The zero-order valence-corrected chi connectivity index (χ0v) is 21.4. The Morgan fingerprint density at radius 2 is 1.77 bits per heavy atom. The molecule has 2 aromatic carbocycles. The summed E-state index contributed by atoms with van der Waals surface area (Å²) in [6.07, 6.45) is 3.47. The van der Waals surface area contributed by atoms with E-state index in [1.807, 2.05) is 12.1 Å². The van der Waals surface area contributed by atoms with Crippen LogP contribution in [-0.2, 0) is 21.1 Å². The van der Waals surface area contributed by atoms with Gasteiger partial charge in [0.15, 0.2) is 15.8 Å². The fourth-order valence-corrected chi connectivity index (χ4v) is 4.30. The van der Waals surface area contributed by atoms with Crippen molar-refractivity contribution in [1.29, 1.82) is 0 Å². The van der Waals surface area contributed by atoms with E-state index in [0.29, 0.717) is 17.4 Å². The van der Waals surface area contributed by atoms with Crippen LogP contribution >= 0.6 is 24.0 Å². The summed E-state index contributed by atoms with van der Waals surface area (Å²) in [5, 5.41) is 6.71. The molecule has 0 amide bonds. The molecular weight excluding hydrogens is 525 g/mol. The highest BCUT2D eigenvalue weighted by Gasteiger charge is 2.27. The number of rotatable bonds is 6. The summed E-state index contributed by atoms with van der Waals surface area (Å²) >= 11 is 0. The Labute approximate surface area is 202 Å². The van der Waals surface area contributed by atoms with Gasteiger partial charge in [0.25, 0.3) is 0 Å². The molecule has 1 heterocycles. The number of ether oxygens (including phenoxy) is 1. The Morgan fingerprint density at radius 3 is 2.39 bits per heavy atom. The van der Waals surface area contributed by atoms with Crippen LogP contribution in [0.25, 0.3) is 0 Å². The number of nitrogens with zero attached hydrogens (tertiary/aromatic N) is 1. The molecule has 170 valence electrons. The SMILES string of the molecule is CN=C(NCc1ccc(S(C)(=O)=O)cc1)NCC1CCCOC1c1ccc(C)cc1.I. The Hall–Kier alpha value is -1.65. The van der Waals surface area contributed by atoms with Crippen molar-refractivity contribution < 1.29 is 13.2 Å². The van der Waals surface area contributed by atoms with Crippen LogP contribution in [0, 0.1) is 12.8 Å². The molecule has 1 fully saturated rings. The number of halogens is 1. The minimum absolute atomic E-state index is 0. The Balaban J connectivity index is 0.00000341. The third-order valence-electron chi connectivity index (χ3n) is 5.42. The third-order valence-corrected chi connectivity index (χ3v) is 6.55. The first-order valence-corrected chi connectivity index (χ1v) is 12.2. The predicted molar refractivity (Wildman–Crippen MR) is 136 cm³/mol. The van der Waals surface area contributed by atoms with Crippen LogP contribution in [0.2, 0.25) is 0 Å². The van der Waals surface area contributed by atoms with Crippen molar-refractivity contribution in [2.45, 2.75) is 37.3 Å². The normalized spacial score (nSPS) is 19.4. The van der Waals surface area contributed by atoms with E-state index in [2.05, 4.69) is 46.8 Å². The monoisotopic (exact) mass is 557 g/mol. The van der Waals surface area contributed by atoms with Crippen LogP contribution in [0.1, 0.15) is 35.6 Å². The van der Waals surface area contributed by atoms with Crippen molar-refractivity contribution in [3.8, 4) is 0 Å². The molecule has 0 aromatic heterocycles. The van der Waals surface area contributed by atoms with Crippen LogP contribution in [-0.4, -0.2) is 40.8 Å². The smallest absolute Gasteiger partial charge is 0.191 e. The molecule has 2 unspecified atom stereocenters. The number of nitrogens with one attached hydrogen (secondary N) is 2. The van der Waals surface area contributed by atoms with Gasteiger partial charge in [-0.05, 0) is 43.0 Å². The van der Waals surface area contributed by atoms with Crippen molar-refractivity contribution in [3.63, 3.8) is 0 Å². The lowest BCUT2D eigenvalue weighted by molar-refractivity contribution is -0.0265. The largest absolute Gasteiger partial charge is 0.373 e. The summed E-state index contributed by atoms with van der Waals surface area (Å²) in [7, 11) is -1.43. The summed E-state index contributed by atoms with van der Waals surface area (Å²) in [5.74, 6) is 1.09. The maximum absolute atomic E-state index is 11.6. The van der Waals surface area contributed by atoms with Gasteiger partial charge in [0.05, 0.1) is 11.0 Å². The molecule has 1 saturated heterocycles. The number of hydrogen-bond donors (Lipinski definition) is 2. The molecule has 0 radical (unpaired) electrons. The zero-order valence-electron chi connectivity index (χ0n) is 18.3. The molecule has 2 N–H and O–H groups in total. The van der Waals surface area contributed by atoms with Gasteiger partial charge < -0.3 is 15.4 Å². The molecule has 6 nitrogen and oxygen atoms in total. The van der Waals surface area contributed by atoms with Gasteiger partial charge in [-0.25, -0.2) is 8.42 Å². The second kappa shape index (κ2) is 11.8. The molecular formula is C23H32IN3O3S. The topological polar surface area (TPSA) is 79.8 Å². The Kier molecular flexibility index (Phi) is 9.77. The lowest BCUT2D eigenvalue weighted by Gasteiger charge is -2.32. The van der Waals surface area contributed by atoms with E-state index in [1.165, 1.54) is 17.4 Å². The molecule has 0 saturated carbocycles. The van der Waals surface area contributed by atoms with Crippen molar-refractivity contribution in [1.82, 2.24) is 10.6 Å². The molecule has 0 spiro atoms. The van der Waals surface area contributed by atoms with Crippen LogP contribution in [0.15, 0.2) is 58.4 Å². The van der Waals surface area contributed by atoms with Crippen LogP contribution < -0.4 is 10.6 Å². The van der Waals surface area contributed by atoms with Crippen LogP contribution in [0.5, 0.6) is 0 Å². The molecule has 0 aliphatic carbocycles. The van der Waals surface area contributed by atoms with Gasteiger partial charge >= 0.3 is 0 Å².